The maximum absolute atomic E-state index is 12.4. The second-order valence-electron chi connectivity index (χ2n) is 5.35. The van der Waals surface area contributed by atoms with Crippen LogP contribution in [0.3, 0.4) is 0 Å². The van der Waals surface area contributed by atoms with Crippen LogP contribution in [0.15, 0.2) is 41.0 Å². The Morgan fingerprint density at radius 1 is 1.38 bits per heavy atom. The molecule has 2 rings (SSSR count). The molecule has 0 saturated heterocycles. The maximum Gasteiger partial charge on any atom is 0.339 e. The normalized spacial score (nSPS) is 16.7. The number of carbonyl (C=O) groups is 2. The van der Waals surface area contributed by atoms with E-state index >= 15 is 0 Å². The molecule has 1 unspecified atom stereocenters. The maximum atomic E-state index is 12.4. The molecule has 136 valence electrons. The van der Waals surface area contributed by atoms with Crippen LogP contribution in [0.1, 0.15) is 35.7 Å². The Bertz CT molecular complexity index is 867. The molecule has 0 bridgehead atoms. The van der Waals surface area contributed by atoms with Crippen molar-refractivity contribution in [2.24, 2.45) is 5.73 Å². The Labute approximate surface area is 155 Å². The first-order valence-corrected chi connectivity index (χ1v) is 8.06. The van der Waals surface area contributed by atoms with Gasteiger partial charge in [0.2, 0.25) is 5.88 Å². The highest BCUT2D eigenvalue weighted by atomic mass is 35.5. The number of benzene rings is 1. The van der Waals surface area contributed by atoms with Crippen LogP contribution in [0.5, 0.6) is 0 Å². The van der Waals surface area contributed by atoms with Crippen molar-refractivity contribution in [3.8, 4) is 6.07 Å². The minimum atomic E-state index is -0.822. The van der Waals surface area contributed by atoms with E-state index in [0.717, 1.165) is 0 Å². The molecular weight excluding hydrogens is 360 g/mol. The lowest BCUT2D eigenvalue weighted by atomic mass is 9.83. The number of esters is 2. The van der Waals surface area contributed by atoms with E-state index in [2.05, 4.69) is 4.74 Å². The van der Waals surface area contributed by atoms with E-state index in [-0.39, 0.29) is 40.0 Å². The van der Waals surface area contributed by atoms with E-state index in [9.17, 15) is 14.9 Å². The van der Waals surface area contributed by atoms with Crippen LogP contribution in [0, 0.1) is 11.3 Å². The summed E-state index contributed by atoms with van der Waals surface area (Å²) in [6.07, 6.45) is 0. The molecule has 1 aliphatic rings. The molecule has 1 aliphatic heterocycles. The summed E-state index contributed by atoms with van der Waals surface area (Å²) >= 11 is 6.18. The Morgan fingerprint density at radius 2 is 2.08 bits per heavy atom. The quantitative estimate of drug-likeness (QED) is 0.804. The minimum absolute atomic E-state index is 0.0561. The highest BCUT2D eigenvalue weighted by Crippen LogP contribution is 2.40. The summed E-state index contributed by atoms with van der Waals surface area (Å²) in [4.78, 5) is 24.1. The lowest BCUT2D eigenvalue weighted by molar-refractivity contribution is -0.139. The van der Waals surface area contributed by atoms with Crippen molar-refractivity contribution in [3.63, 3.8) is 0 Å². The standard InChI is InChI=1S/C18H17ClN2O5/c1-4-25-18(23)14-9(2)26-16(21)12(8-20)15(14)10-5-6-11(13(19)7-10)17(22)24-3/h5-7,15H,4,21H2,1-3H3. The molecule has 26 heavy (non-hydrogen) atoms. The van der Waals surface area contributed by atoms with E-state index in [1.54, 1.807) is 19.9 Å². The van der Waals surface area contributed by atoms with Gasteiger partial charge < -0.3 is 19.9 Å². The van der Waals surface area contributed by atoms with Crippen LogP contribution >= 0.6 is 11.6 Å². The zero-order valence-electron chi connectivity index (χ0n) is 14.5. The molecule has 2 N–H and O–H groups in total. The third kappa shape index (κ3) is 3.51. The van der Waals surface area contributed by atoms with Gasteiger partial charge >= 0.3 is 11.9 Å². The zero-order chi connectivity index (χ0) is 19.4. The van der Waals surface area contributed by atoms with Crippen LogP contribution in [0.2, 0.25) is 5.02 Å². The van der Waals surface area contributed by atoms with Crippen LogP contribution in [-0.2, 0) is 19.0 Å². The van der Waals surface area contributed by atoms with Crippen molar-refractivity contribution in [3.05, 3.63) is 57.1 Å². The van der Waals surface area contributed by atoms with E-state index in [0.29, 0.717) is 5.56 Å². The summed E-state index contributed by atoms with van der Waals surface area (Å²) < 4.78 is 15.1. The molecule has 0 fully saturated rings. The first-order valence-electron chi connectivity index (χ1n) is 7.68. The topological polar surface area (TPSA) is 112 Å². The van der Waals surface area contributed by atoms with Gasteiger partial charge in [0.05, 0.1) is 35.8 Å². The predicted molar refractivity (Wildman–Crippen MR) is 92.8 cm³/mol. The van der Waals surface area contributed by atoms with Gasteiger partial charge in [-0.05, 0) is 31.5 Å². The number of hydrogen-bond donors (Lipinski definition) is 1. The molecule has 0 radical (unpaired) electrons. The Balaban J connectivity index is 2.62. The molecule has 8 heteroatoms. The average molecular weight is 377 g/mol. The SMILES string of the molecule is CCOC(=O)C1=C(C)OC(N)=C(C#N)C1c1ccc(C(=O)OC)c(Cl)c1. The number of rotatable bonds is 4. The Morgan fingerprint density at radius 3 is 2.62 bits per heavy atom. The molecule has 0 saturated carbocycles. The lowest BCUT2D eigenvalue weighted by Gasteiger charge is -2.27. The highest BCUT2D eigenvalue weighted by molar-refractivity contribution is 6.33. The molecule has 0 spiro atoms. The largest absolute Gasteiger partial charge is 0.465 e. The van der Waals surface area contributed by atoms with Crippen molar-refractivity contribution in [2.45, 2.75) is 19.8 Å². The number of nitriles is 1. The Hall–Kier alpha value is -2.98. The molecule has 1 atom stereocenters. The van der Waals surface area contributed by atoms with E-state index < -0.39 is 17.9 Å². The van der Waals surface area contributed by atoms with Crippen molar-refractivity contribution in [2.75, 3.05) is 13.7 Å². The minimum Gasteiger partial charge on any atom is -0.465 e. The fourth-order valence-electron chi connectivity index (χ4n) is 2.67. The van der Waals surface area contributed by atoms with Gasteiger partial charge in [-0.3, -0.25) is 0 Å². The van der Waals surface area contributed by atoms with Gasteiger partial charge in [0.1, 0.15) is 17.4 Å². The molecule has 0 aliphatic carbocycles. The van der Waals surface area contributed by atoms with Gasteiger partial charge in [-0.2, -0.15) is 5.26 Å². The summed E-state index contributed by atoms with van der Waals surface area (Å²) in [5, 5.41) is 9.63. The molecule has 1 heterocycles. The zero-order valence-corrected chi connectivity index (χ0v) is 15.2. The Kier molecular flexibility index (Phi) is 5.90. The van der Waals surface area contributed by atoms with E-state index in [1.165, 1.54) is 19.2 Å². The number of ether oxygens (including phenoxy) is 3. The fourth-order valence-corrected chi connectivity index (χ4v) is 2.94. The van der Waals surface area contributed by atoms with Crippen LogP contribution in [0.25, 0.3) is 0 Å². The smallest absolute Gasteiger partial charge is 0.339 e. The lowest BCUT2D eigenvalue weighted by Crippen LogP contribution is -2.25. The fraction of sp³-hybridized carbons (Fsp3) is 0.278. The predicted octanol–water partition coefficient (Wildman–Crippen LogP) is 2.77. The summed E-state index contributed by atoms with van der Waals surface area (Å²) in [6.45, 7) is 3.39. The van der Waals surface area contributed by atoms with Crippen LogP contribution in [-0.4, -0.2) is 25.7 Å². The molecule has 7 nitrogen and oxygen atoms in total. The van der Waals surface area contributed by atoms with Crippen molar-refractivity contribution < 1.29 is 23.8 Å². The first kappa shape index (κ1) is 19.3. The summed E-state index contributed by atoms with van der Waals surface area (Å²) in [6, 6.07) is 6.49. The van der Waals surface area contributed by atoms with Gasteiger partial charge in [0.15, 0.2) is 0 Å². The van der Waals surface area contributed by atoms with E-state index in [1.807, 2.05) is 6.07 Å². The average Bonchev–Trinajstić information content (AvgIpc) is 2.60. The molecule has 1 aromatic carbocycles. The van der Waals surface area contributed by atoms with Crippen LogP contribution < -0.4 is 5.73 Å². The number of methoxy groups -OCH3 is 1. The summed E-state index contributed by atoms with van der Waals surface area (Å²) in [5.74, 6) is -1.91. The number of allylic oxidation sites excluding steroid dienone is 2. The molecule has 1 aromatic rings. The number of carbonyl (C=O) groups excluding carboxylic acids is 2. The number of nitrogens with two attached hydrogens (primary N) is 1. The molecule has 0 aromatic heterocycles. The molecular formula is C18H17ClN2O5. The summed E-state index contributed by atoms with van der Waals surface area (Å²) in [7, 11) is 1.24. The highest BCUT2D eigenvalue weighted by Gasteiger charge is 2.36. The summed E-state index contributed by atoms with van der Waals surface area (Å²) in [5.41, 5.74) is 6.69. The third-order valence-corrected chi connectivity index (χ3v) is 4.15. The number of halogens is 1. The monoisotopic (exact) mass is 376 g/mol. The van der Waals surface area contributed by atoms with Crippen molar-refractivity contribution >= 4 is 23.5 Å². The second-order valence-corrected chi connectivity index (χ2v) is 5.75. The first-order chi connectivity index (χ1) is 12.3. The van der Waals surface area contributed by atoms with E-state index in [4.69, 9.17) is 26.8 Å². The van der Waals surface area contributed by atoms with Gasteiger partial charge in [-0.25, -0.2) is 9.59 Å². The van der Waals surface area contributed by atoms with Gasteiger partial charge in [-0.15, -0.1) is 0 Å². The van der Waals surface area contributed by atoms with Gasteiger partial charge in [0, 0.05) is 0 Å². The number of hydrogen-bond acceptors (Lipinski definition) is 7. The van der Waals surface area contributed by atoms with Crippen molar-refractivity contribution in [1.29, 1.82) is 5.26 Å². The van der Waals surface area contributed by atoms with Crippen molar-refractivity contribution in [1.82, 2.24) is 0 Å². The number of nitrogens with zero attached hydrogens (tertiary/aromatic N) is 1. The second kappa shape index (κ2) is 7.93. The van der Waals surface area contributed by atoms with Gasteiger partial charge in [-0.1, -0.05) is 17.7 Å². The molecule has 0 amide bonds. The third-order valence-electron chi connectivity index (χ3n) is 3.83. The van der Waals surface area contributed by atoms with Gasteiger partial charge in [0.25, 0.3) is 0 Å². The van der Waals surface area contributed by atoms with Crippen LogP contribution in [0.4, 0.5) is 0 Å².